The van der Waals surface area contributed by atoms with Crippen LogP contribution < -0.4 is 5.32 Å². The van der Waals surface area contributed by atoms with Crippen LogP contribution in [0.4, 0.5) is 0 Å². The van der Waals surface area contributed by atoms with Gasteiger partial charge in [0.1, 0.15) is 15.2 Å². The van der Waals surface area contributed by atoms with E-state index in [1.54, 1.807) is 6.20 Å². The summed E-state index contributed by atoms with van der Waals surface area (Å²) in [6, 6.07) is 8.15. The number of aromatic amines is 1. The number of rotatable bonds is 4. The largest absolute Gasteiger partial charge is 0.341 e. The number of nitrogens with one attached hydrogen (secondary N) is 2. The van der Waals surface area contributed by atoms with Crippen LogP contribution in [0, 0.1) is 0 Å². The number of thiazole rings is 1. The molecule has 0 amide bonds. The Balaban J connectivity index is 1.71. The average Bonchev–Trinajstić information content (AvgIpc) is 3.01. The van der Waals surface area contributed by atoms with Crippen LogP contribution in [0.25, 0.3) is 11.0 Å². The third kappa shape index (κ3) is 2.78. The molecule has 0 aliphatic carbocycles. The molecular weight excluding hydrogens is 280 g/mol. The average molecular weight is 293 g/mol. The maximum absolute atomic E-state index is 5.86. The van der Waals surface area contributed by atoms with Crippen LogP contribution in [0.1, 0.15) is 23.8 Å². The lowest BCUT2D eigenvalue weighted by molar-refractivity contribution is 0.551. The molecule has 1 atom stereocenters. The SMILES string of the molecule is CC(NCc1ncc(Cl)s1)c1nc2ccccc2[nH]1. The van der Waals surface area contributed by atoms with E-state index in [1.807, 2.05) is 24.3 Å². The van der Waals surface area contributed by atoms with Crippen LogP contribution in [0.15, 0.2) is 30.5 Å². The minimum atomic E-state index is 0.134. The lowest BCUT2D eigenvalue weighted by Gasteiger charge is -2.09. The van der Waals surface area contributed by atoms with Crippen LogP contribution in [-0.4, -0.2) is 15.0 Å². The minimum Gasteiger partial charge on any atom is -0.341 e. The Labute approximate surface area is 119 Å². The van der Waals surface area contributed by atoms with Gasteiger partial charge in [0.2, 0.25) is 0 Å². The van der Waals surface area contributed by atoms with Gasteiger partial charge in [0.25, 0.3) is 0 Å². The second-order valence-corrected chi connectivity index (χ2v) is 6.05. The molecule has 0 fully saturated rings. The minimum absolute atomic E-state index is 0.134. The first-order chi connectivity index (χ1) is 9.22. The molecule has 6 heteroatoms. The topological polar surface area (TPSA) is 53.6 Å². The molecule has 2 aromatic heterocycles. The predicted octanol–water partition coefficient (Wildman–Crippen LogP) is 3.52. The number of imidazole rings is 1. The summed E-state index contributed by atoms with van der Waals surface area (Å²) in [5.41, 5.74) is 2.05. The van der Waals surface area contributed by atoms with E-state index in [9.17, 15) is 0 Å². The number of fused-ring (bicyclic) bond motifs is 1. The highest BCUT2D eigenvalue weighted by Gasteiger charge is 2.10. The van der Waals surface area contributed by atoms with E-state index in [1.165, 1.54) is 11.3 Å². The zero-order chi connectivity index (χ0) is 13.2. The highest BCUT2D eigenvalue weighted by molar-refractivity contribution is 7.15. The molecule has 0 aliphatic rings. The van der Waals surface area contributed by atoms with Crippen molar-refractivity contribution in [3.8, 4) is 0 Å². The van der Waals surface area contributed by atoms with Gasteiger partial charge in [-0.1, -0.05) is 23.7 Å². The monoisotopic (exact) mass is 292 g/mol. The van der Waals surface area contributed by atoms with Crippen molar-refractivity contribution in [2.45, 2.75) is 19.5 Å². The van der Waals surface area contributed by atoms with Crippen molar-refractivity contribution < 1.29 is 0 Å². The van der Waals surface area contributed by atoms with Gasteiger partial charge in [0.15, 0.2) is 0 Å². The molecule has 4 nitrogen and oxygen atoms in total. The van der Waals surface area contributed by atoms with Crippen molar-refractivity contribution in [3.63, 3.8) is 0 Å². The summed E-state index contributed by atoms with van der Waals surface area (Å²) < 4.78 is 0.716. The summed E-state index contributed by atoms with van der Waals surface area (Å²) in [5, 5.41) is 4.36. The van der Waals surface area contributed by atoms with Gasteiger partial charge >= 0.3 is 0 Å². The number of nitrogens with zero attached hydrogens (tertiary/aromatic N) is 2. The molecule has 0 aliphatic heterocycles. The van der Waals surface area contributed by atoms with Crippen molar-refractivity contribution in [1.82, 2.24) is 20.3 Å². The molecule has 0 bridgehead atoms. The molecule has 0 saturated carbocycles. The van der Waals surface area contributed by atoms with Crippen LogP contribution in [0.2, 0.25) is 4.34 Å². The fourth-order valence-corrected chi connectivity index (χ4v) is 2.79. The Morgan fingerprint density at radius 1 is 1.42 bits per heavy atom. The molecule has 3 rings (SSSR count). The standard InChI is InChI=1S/C13H13ClN4S/c1-8(15-7-12-16-6-11(14)19-12)13-17-9-4-2-3-5-10(9)18-13/h2-6,8,15H,7H2,1H3,(H,17,18). The normalized spacial score (nSPS) is 12.9. The fourth-order valence-electron chi connectivity index (χ4n) is 1.88. The molecule has 98 valence electrons. The van der Waals surface area contributed by atoms with Crippen molar-refractivity contribution in [2.24, 2.45) is 0 Å². The summed E-state index contributed by atoms with van der Waals surface area (Å²) in [4.78, 5) is 12.1. The number of H-pyrrole nitrogens is 1. The van der Waals surface area contributed by atoms with E-state index in [4.69, 9.17) is 11.6 Å². The van der Waals surface area contributed by atoms with E-state index in [2.05, 4.69) is 27.2 Å². The van der Waals surface area contributed by atoms with E-state index < -0.39 is 0 Å². The van der Waals surface area contributed by atoms with E-state index in [-0.39, 0.29) is 6.04 Å². The van der Waals surface area contributed by atoms with E-state index in [0.717, 1.165) is 21.9 Å². The second-order valence-electron chi connectivity index (χ2n) is 4.30. The highest BCUT2D eigenvalue weighted by atomic mass is 35.5. The zero-order valence-electron chi connectivity index (χ0n) is 10.4. The van der Waals surface area contributed by atoms with Gasteiger partial charge in [-0.15, -0.1) is 11.3 Å². The van der Waals surface area contributed by atoms with Crippen molar-refractivity contribution in [2.75, 3.05) is 0 Å². The van der Waals surface area contributed by atoms with Gasteiger partial charge in [-0.3, -0.25) is 0 Å². The summed E-state index contributed by atoms with van der Waals surface area (Å²) >= 11 is 7.35. The second kappa shape index (κ2) is 5.28. The molecule has 2 N–H and O–H groups in total. The summed E-state index contributed by atoms with van der Waals surface area (Å²) in [6.07, 6.45) is 1.68. The zero-order valence-corrected chi connectivity index (χ0v) is 11.9. The molecule has 0 radical (unpaired) electrons. The van der Waals surface area contributed by atoms with E-state index in [0.29, 0.717) is 10.9 Å². The molecule has 1 aromatic carbocycles. The number of benzene rings is 1. The Kier molecular flexibility index (Phi) is 3.50. The molecule has 19 heavy (non-hydrogen) atoms. The van der Waals surface area contributed by atoms with Gasteiger partial charge in [0, 0.05) is 6.54 Å². The van der Waals surface area contributed by atoms with Crippen LogP contribution in [-0.2, 0) is 6.54 Å². The molecular formula is C13H13ClN4S. The number of aromatic nitrogens is 3. The fraction of sp³-hybridized carbons (Fsp3) is 0.231. The summed E-state index contributed by atoms with van der Waals surface area (Å²) in [7, 11) is 0. The molecule has 2 heterocycles. The van der Waals surface area contributed by atoms with Crippen molar-refractivity contribution in [3.05, 3.63) is 45.6 Å². The van der Waals surface area contributed by atoms with Crippen LogP contribution in [0.3, 0.4) is 0 Å². The summed E-state index contributed by atoms with van der Waals surface area (Å²) in [5.74, 6) is 0.934. The van der Waals surface area contributed by atoms with Crippen LogP contribution in [0.5, 0.6) is 0 Å². The van der Waals surface area contributed by atoms with Crippen LogP contribution >= 0.6 is 22.9 Å². The maximum Gasteiger partial charge on any atom is 0.124 e. The smallest absolute Gasteiger partial charge is 0.124 e. The third-order valence-corrected chi connectivity index (χ3v) is 4.02. The molecule has 1 unspecified atom stereocenters. The Bertz CT molecular complexity index is 658. The predicted molar refractivity (Wildman–Crippen MR) is 78.5 cm³/mol. The van der Waals surface area contributed by atoms with Gasteiger partial charge in [-0.05, 0) is 19.1 Å². The molecule has 0 saturated heterocycles. The summed E-state index contributed by atoms with van der Waals surface area (Å²) in [6.45, 7) is 2.77. The Morgan fingerprint density at radius 2 is 2.26 bits per heavy atom. The Morgan fingerprint density at radius 3 is 3.00 bits per heavy atom. The van der Waals surface area contributed by atoms with Crippen molar-refractivity contribution in [1.29, 1.82) is 0 Å². The number of hydrogen-bond donors (Lipinski definition) is 2. The van der Waals surface area contributed by atoms with E-state index >= 15 is 0 Å². The first kappa shape index (κ1) is 12.6. The number of halogens is 1. The van der Waals surface area contributed by atoms with Crippen molar-refractivity contribution >= 4 is 34.0 Å². The first-order valence-corrected chi connectivity index (χ1v) is 7.20. The maximum atomic E-state index is 5.86. The Hall–Kier alpha value is -1.43. The quantitative estimate of drug-likeness (QED) is 0.773. The number of para-hydroxylation sites is 2. The van der Waals surface area contributed by atoms with Gasteiger partial charge in [-0.2, -0.15) is 0 Å². The number of hydrogen-bond acceptors (Lipinski definition) is 4. The first-order valence-electron chi connectivity index (χ1n) is 6.00. The third-order valence-electron chi connectivity index (χ3n) is 2.90. The molecule has 3 aromatic rings. The lowest BCUT2D eigenvalue weighted by atomic mass is 10.3. The van der Waals surface area contributed by atoms with Gasteiger partial charge in [-0.25, -0.2) is 9.97 Å². The molecule has 0 spiro atoms. The van der Waals surface area contributed by atoms with Gasteiger partial charge in [0.05, 0.1) is 23.3 Å². The van der Waals surface area contributed by atoms with Gasteiger partial charge < -0.3 is 10.3 Å². The lowest BCUT2D eigenvalue weighted by Crippen LogP contribution is -2.19. The highest BCUT2D eigenvalue weighted by Crippen LogP contribution is 2.19.